The lowest BCUT2D eigenvalue weighted by molar-refractivity contribution is 0.243. The molecule has 2 saturated carbocycles. The largest absolute Gasteiger partial charge is 0.311 e. The van der Waals surface area contributed by atoms with Crippen molar-refractivity contribution in [3.8, 4) is 0 Å². The lowest BCUT2D eigenvalue weighted by Crippen LogP contribution is -2.45. The van der Waals surface area contributed by atoms with Crippen molar-refractivity contribution in [2.24, 2.45) is 0 Å². The minimum absolute atomic E-state index is 0. The van der Waals surface area contributed by atoms with E-state index in [4.69, 9.17) is 0 Å². The summed E-state index contributed by atoms with van der Waals surface area (Å²) >= 11 is 0. The van der Waals surface area contributed by atoms with E-state index in [9.17, 15) is 0 Å². The molecule has 0 spiro atoms. The van der Waals surface area contributed by atoms with Crippen molar-refractivity contribution in [1.29, 1.82) is 0 Å². The molecular weight excluding hydrogens is 146 g/mol. The second kappa shape index (κ2) is 3.59. The van der Waals surface area contributed by atoms with Gasteiger partial charge in [-0.2, -0.15) is 0 Å². The first-order valence-corrected chi connectivity index (χ1v) is 4.21. The van der Waals surface area contributed by atoms with Crippen molar-refractivity contribution < 1.29 is 0 Å². The van der Waals surface area contributed by atoms with Crippen LogP contribution in [0.2, 0.25) is 0 Å². The minimum atomic E-state index is 0. The molecule has 10 heavy (non-hydrogen) atoms. The summed E-state index contributed by atoms with van der Waals surface area (Å²) in [5, 5.41) is 3.65. The van der Waals surface area contributed by atoms with E-state index in [0.29, 0.717) is 0 Å². The Balaban J connectivity index is 0.000000500. The third-order valence-electron chi connectivity index (χ3n) is 2.68. The van der Waals surface area contributed by atoms with Gasteiger partial charge in [0.15, 0.2) is 0 Å². The summed E-state index contributed by atoms with van der Waals surface area (Å²) in [5.74, 6) is 0. The van der Waals surface area contributed by atoms with Crippen molar-refractivity contribution in [1.82, 2.24) is 5.32 Å². The molecule has 2 aliphatic rings. The summed E-state index contributed by atoms with van der Waals surface area (Å²) < 4.78 is 0. The SMILES string of the molecule is C1CC(NC2CCC2)C1.Cl. The maximum Gasteiger partial charge on any atom is 0.00696 e. The summed E-state index contributed by atoms with van der Waals surface area (Å²) in [5.41, 5.74) is 0. The summed E-state index contributed by atoms with van der Waals surface area (Å²) in [6.07, 6.45) is 8.69. The van der Waals surface area contributed by atoms with E-state index in [2.05, 4.69) is 5.32 Å². The fraction of sp³-hybridized carbons (Fsp3) is 1.00. The average Bonchev–Trinajstić information content (AvgIpc) is 1.57. The molecule has 0 atom stereocenters. The second-order valence-electron chi connectivity index (χ2n) is 3.42. The first kappa shape index (κ1) is 8.35. The molecule has 0 bridgehead atoms. The number of rotatable bonds is 2. The predicted octanol–water partition coefficient (Wildman–Crippen LogP) is 2.10. The van der Waals surface area contributed by atoms with Crippen LogP contribution in [0.3, 0.4) is 0 Å². The third-order valence-corrected chi connectivity index (χ3v) is 2.68. The molecule has 0 aromatic heterocycles. The zero-order valence-electron chi connectivity index (χ0n) is 6.31. The van der Waals surface area contributed by atoms with Gasteiger partial charge in [-0.3, -0.25) is 0 Å². The van der Waals surface area contributed by atoms with Crippen LogP contribution in [0.4, 0.5) is 0 Å². The number of hydrogen-bond donors (Lipinski definition) is 1. The molecule has 0 amide bonds. The van der Waals surface area contributed by atoms with Crippen molar-refractivity contribution in [3.63, 3.8) is 0 Å². The van der Waals surface area contributed by atoms with Crippen LogP contribution in [-0.2, 0) is 0 Å². The maximum atomic E-state index is 3.65. The Morgan fingerprint density at radius 3 is 1.40 bits per heavy atom. The van der Waals surface area contributed by atoms with Crippen molar-refractivity contribution in [2.45, 2.75) is 50.6 Å². The van der Waals surface area contributed by atoms with Crippen LogP contribution in [0.15, 0.2) is 0 Å². The van der Waals surface area contributed by atoms with Crippen LogP contribution in [-0.4, -0.2) is 12.1 Å². The highest BCUT2D eigenvalue weighted by Gasteiger charge is 2.24. The monoisotopic (exact) mass is 161 g/mol. The van der Waals surface area contributed by atoms with Crippen LogP contribution in [0, 0.1) is 0 Å². The summed E-state index contributed by atoms with van der Waals surface area (Å²) in [6.45, 7) is 0. The van der Waals surface area contributed by atoms with Gasteiger partial charge in [-0.05, 0) is 25.7 Å². The molecule has 2 rings (SSSR count). The molecule has 0 aromatic rings. The Hall–Kier alpha value is 0.250. The quantitative estimate of drug-likeness (QED) is 0.654. The first-order chi connectivity index (χ1) is 4.45. The summed E-state index contributed by atoms with van der Waals surface area (Å²) in [4.78, 5) is 0. The smallest absolute Gasteiger partial charge is 0.00696 e. The summed E-state index contributed by atoms with van der Waals surface area (Å²) in [7, 11) is 0. The molecule has 2 heteroatoms. The molecule has 2 aliphatic carbocycles. The van der Waals surface area contributed by atoms with Gasteiger partial charge in [0.1, 0.15) is 0 Å². The van der Waals surface area contributed by atoms with E-state index in [1.165, 1.54) is 38.5 Å². The fourth-order valence-corrected chi connectivity index (χ4v) is 1.48. The van der Waals surface area contributed by atoms with Gasteiger partial charge in [-0.25, -0.2) is 0 Å². The topological polar surface area (TPSA) is 12.0 Å². The lowest BCUT2D eigenvalue weighted by atomic mass is 9.87. The Morgan fingerprint density at radius 1 is 0.800 bits per heavy atom. The Bertz CT molecular complexity index is 85.4. The average molecular weight is 162 g/mol. The molecule has 1 nitrogen and oxygen atoms in total. The molecule has 2 fully saturated rings. The first-order valence-electron chi connectivity index (χ1n) is 4.21. The molecule has 0 aromatic carbocycles. The molecule has 60 valence electrons. The van der Waals surface area contributed by atoms with E-state index in [1.54, 1.807) is 0 Å². The van der Waals surface area contributed by atoms with E-state index in [0.717, 1.165) is 12.1 Å². The predicted molar refractivity (Wildman–Crippen MR) is 45.7 cm³/mol. The van der Waals surface area contributed by atoms with Crippen molar-refractivity contribution in [3.05, 3.63) is 0 Å². The van der Waals surface area contributed by atoms with Gasteiger partial charge in [0, 0.05) is 12.1 Å². The Kier molecular flexibility index (Phi) is 2.99. The fourth-order valence-electron chi connectivity index (χ4n) is 1.48. The van der Waals surface area contributed by atoms with Gasteiger partial charge in [0.2, 0.25) is 0 Å². The zero-order valence-corrected chi connectivity index (χ0v) is 7.12. The second-order valence-corrected chi connectivity index (χ2v) is 3.42. The van der Waals surface area contributed by atoms with Gasteiger partial charge in [-0.1, -0.05) is 12.8 Å². The zero-order chi connectivity index (χ0) is 6.10. The molecule has 0 saturated heterocycles. The number of halogens is 1. The molecule has 0 aliphatic heterocycles. The lowest BCUT2D eigenvalue weighted by Gasteiger charge is -2.35. The Labute approximate surface area is 69.0 Å². The standard InChI is InChI=1S/C8H15N.ClH/c1-3-7(4-1)9-8-5-2-6-8;/h7-9H,1-6H2;1H. The third kappa shape index (κ3) is 1.64. The van der Waals surface area contributed by atoms with E-state index in [1.807, 2.05) is 0 Å². The van der Waals surface area contributed by atoms with E-state index in [-0.39, 0.29) is 12.4 Å². The molecule has 1 N–H and O–H groups in total. The van der Waals surface area contributed by atoms with Crippen LogP contribution in [0.1, 0.15) is 38.5 Å². The van der Waals surface area contributed by atoms with Crippen LogP contribution >= 0.6 is 12.4 Å². The number of nitrogens with one attached hydrogen (secondary N) is 1. The Morgan fingerprint density at radius 2 is 1.20 bits per heavy atom. The van der Waals surface area contributed by atoms with Gasteiger partial charge in [-0.15, -0.1) is 12.4 Å². The van der Waals surface area contributed by atoms with Gasteiger partial charge >= 0.3 is 0 Å². The molecule has 0 heterocycles. The van der Waals surface area contributed by atoms with Crippen LogP contribution < -0.4 is 5.32 Å². The highest BCUT2D eigenvalue weighted by molar-refractivity contribution is 5.85. The summed E-state index contributed by atoms with van der Waals surface area (Å²) in [6, 6.07) is 1.82. The molecular formula is C8H16ClN. The van der Waals surface area contributed by atoms with E-state index < -0.39 is 0 Å². The van der Waals surface area contributed by atoms with Gasteiger partial charge in [0.05, 0.1) is 0 Å². The maximum absolute atomic E-state index is 3.65. The van der Waals surface area contributed by atoms with Gasteiger partial charge in [0.25, 0.3) is 0 Å². The van der Waals surface area contributed by atoms with Crippen molar-refractivity contribution in [2.75, 3.05) is 0 Å². The molecule has 0 unspecified atom stereocenters. The number of hydrogen-bond acceptors (Lipinski definition) is 1. The highest BCUT2D eigenvalue weighted by atomic mass is 35.5. The normalized spacial score (nSPS) is 26.4. The van der Waals surface area contributed by atoms with Crippen LogP contribution in [0.5, 0.6) is 0 Å². The van der Waals surface area contributed by atoms with Crippen molar-refractivity contribution >= 4 is 12.4 Å². The molecule has 0 radical (unpaired) electrons. The van der Waals surface area contributed by atoms with E-state index >= 15 is 0 Å². The van der Waals surface area contributed by atoms with Gasteiger partial charge < -0.3 is 5.32 Å². The highest BCUT2D eigenvalue weighted by Crippen LogP contribution is 2.24. The minimum Gasteiger partial charge on any atom is -0.311 e. The van der Waals surface area contributed by atoms with Crippen LogP contribution in [0.25, 0.3) is 0 Å².